The van der Waals surface area contributed by atoms with Crippen molar-refractivity contribution in [3.05, 3.63) is 176 Å². The number of furan rings is 2. The summed E-state index contributed by atoms with van der Waals surface area (Å²) in [6.45, 7) is 0. The second kappa shape index (κ2) is 11.0. The van der Waals surface area contributed by atoms with Gasteiger partial charge in [0.1, 0.15) is 22.3 Å². The van der Waals surface area contributed by atoms with Crippen molar-refractivity contribution in [1.29, 1.82) is 0 Å². The average Bonchev–Trinajstić information content (AvgIpc) is 3.75. The number of anilines is 3. The third kappa shape index (κ3) is 4.37. The molecule has 0 amide bonds. The van der Waals surface area contributed by atoms with Gasteiger partial charge in [-0.05, 0) is 70.6 Å². The van der Waals surface area contributed by atoms with Crippen LogP contribution in [0.2, 0.25) is 0 Å². The predicted molar refractivity (Wildman–Crippen MR) is 204 cm³/mol. The summed E-state index contributed by atoms with van der Waals surface area (Å²) in [5, 5.41) is 6.66. The lowest BCUT2D eigenvalue weighted by Gasteiger charge is -2.29. The summed E-state index contributed by atoms with van der Waals surface area (Å²) >= 11 is 0. The number of hydrogen-bond acceptors (Lipinski definition) is 3. The topological polar surface area (TPSA) is 29.5 Å². The minimum Gasteiger partial charge on any atom is -0.456 e. The van der Waals surface area contributed by atoms with E-state index in [0.29, 0.717) is 0 Å². The molecule has 0 aliphatic carbocycles. The molecule has 0 aliphatic heterocycles. The molecule has 2 aromatic heterocycles. The number of para-hydroxylation sites is 2. The Hall–Kier alpha value is -6.58. The second-order valence-corrected chi connectivity index (χ2v) is 12.5. The molecule has 0 fully saturated rings. The molecule has 0 N–H and O–H groups in total. The number of rotatable bonds is 5. The van der Waals surface area contributed by atoms with Gasteiger partial charge in [-0.2, -0.15) is 0 Å². The molecule has 0 aliphatic rings. The molecule has 0 bridgehead atoms. The molecule has 0 saturated heterocycles. The fraction of sp³-hybridized carbons (Fsp3) is 0. The van der Waals surface area contributed by atoms with Crippen LogP contribution in [-0.4, -0.2) is 0 Å². The molecule has 8 aromatic carbocycles. The van der Waals surface area contributed by atoms with Gasteiger partial charge in [-0.25, -0.2) is 0 Å². The van der Waals surface area contributed by atoms with Crippen molar-refractivity contribution in [3.63, 3.8) is 0 Å². The summed E-state index contributed by atoms with van der Waals surface area (Å²) in [7, 11) is 0. The standard InChI is InChI=1S/C46H29NO2/c1-2-13-30(14-3-1)32-16-10-17-33(29-32)47(40-23-12-26-43-45(40)38-28-27-31-15-4-5-18-34(31)46(38)49-43)39-22-8-6-19-35(39)36-21-11-25-42-44(36)37-20-7-9-24-41(37)48-42/h1-29H. The maximum absolute atomic E-state index is 6.69. The van der Waals surface area contributed by atoms with Crippen LogP contribution < -0.4 is 4.90 Å². The van der Waals surface area contributed by atoms with E-state index in [0.717, 1.165) is 88.4 Å². The van der Waals surface area contributed by atoms with Gasteiger partial charge in [0.15, 0.2) is 0 Å². The predicted octanol–water partition coefficient (Wildman–Crippen LogP) is 13.4. The van der Waals surface area contributed by atoms with Crippen LogP contribution >= 0.6 is 0 Å². The van der Waals surface area contributed by atoms with E-state index in [1.165, 1.54) is 5.56 Å². The summed E-state index contributed by atoms with van der Waals surface area (Å²) in [6.07, 6.45) is 0. The Kier molecular flexibility index (Phi) is 6.18. The van der Waals surface area contributed by atoms with E-state index in [2.05, 4.69) is 169 Å². The summed E-state index contributed by atoms with van der Waals surface area (Å²) in [5.41, 5.74) is 11.2. The third-order valence-corrected chi connectivity index (χ3v) is 9.66. The van der Waals surface area contributed by atoms with Gasteiger partial charge in [0.25, 0.3) is 0 Å². The zero-order valence-corrected chi connectivity index (χ0v) is 26.5. The second-order valence-electron chi connectivity index (χ2n) is 12.5. The maximum atomic E-state index is 6.69. The SMILES string of the molecule is c1ccc(-c2cccc(N(c3ccccc3-c3cccc4oc5ccccc5c34)c3cccc4oc5c6ccccc6ccc5c34)c2)cc1. The van der Waals surface area contributed by atoms with Crippen molar-refractivity contribution in [2.75, 3.05) is 4.90 Å². The van der Waals surface area contributed by atoms with Crippen LogP contribution in [0.25, 0.3) is 76.9 Å². The van der Waals surface area contributed by atoms with Crippen molar-refractivity contribution >= 4 is 71.7 Å². The Morgan fingerprint density at radius 3 is 1.94 bits per heavy atom. The molecule has 10 rings (SSSR count). The third-order valence-electron chi connectivity index (χ3n) is 9.66. The lowest BCUT2D eigenvalue weighted by molar-refractivity contribution is 0.669. The minimum atomic E-state index is 0.855. The fourth-order valence-electron chi connectivity index (χ4n) is 7.48. The van der Waals surface area contributed by atoms with Crippen molar-refractivity contribution in [3.8, 4) is 22.3 Å². The van der Waals surface area contributed by atoms with Crippen LogP contribution in [0.15, 0.2) is 185 Å². The van der Waals surface area contributed by atoms with E-state index >= 15 is 0 Å². The van der Waals surface area contributed by atoms with E-state index < -0.39 is 0 Å². The van der Waals surface area contributed by atoms with E-state index in [1.54, 1.807) is 0 Å². The zero-order valence-electron chi connectivity index (χ0n) is 26.5. The Balaban J connectivity index is 1.29. The number of hydrogen-bond donors (Lipinski definition) is 0. The molecule has 0 saturated carbocycles. The molecule has 3 nitrogen and oxygen atoms in total. The Morgan fingerprint density at radius 2 is 1.02 bits per heavy atom. The van der Waals surface area contributed by atoms with Crippen molar-refractivity contribution in [1.82, 2.24) is 0 Å². The highest BCUT2D eigenvalue weighted by molar-refractivity contribution is 6.20. The molecule has 0 atom stereocenters. The van der Waals surface area contributed by atoms with Gasteiger partial charge >= 0.3 is 0 Å². The molecule has 10 aromatic rings. The highest BCUT2D eigenvalue weighted by atomic mass is 16.3. The first-order valence-corrected chi connectivity index (χ1v) is 16.6. The largest absolute Gasteiger partial charge is 0.456 e. The van der Waals surface area contributed by atoms with E-state index in [4.69, 9.17) is 8.83 Å². The first-order valence-electron chi connectivity index (χ1n) is 16.6. The smallest absolute Gasteiger partial charge is 0.143 e. The molecular weight excluding hydrogens is 599 g/mol. The zero-order chi connectivity index (χ0) is 32.3. The van der Waals surface area contributed by atoms with Gasteiger partial charge in [-0.15, -0.1) is 0 Å². The summed E-state index contributed by atoms with van der Waals surface area (Å²) in [6, 6.07) is 62.0. The van der Waals surface area contributed by atoms with Gasteiger partial charge < -0.3 is 13.7 Å². The molecule has 230 valence electrons. The molecular formula is C46H29NO2. The van der Waals surface area contributed by atoms with Crippen molar-refractivity contribution in [2.24, 2.45) is 0 Å². The van der Waals surface area contributed by atoms with Gasteiger partial charge in [-0.3, -0.25) is 0 Å². The fourth-order valence-corrected chi connectivity index (χ4v) is 7.48. The first-order chi connectivity index (χ1) is 24.3. The van der Waals surface area contributed by atoms with E-state index in [-0.39, 0.29) is 0 Å². The van der Waals surface area contributed by atoms with E-state index in [1.807, 2.05) is 12.1 Å². The minimum absolute atomic E-state index is 0.855. The lowest BCUT2D eigenvalue weighted by Crippen LogP contribution is -2.11. The van der Waals surface area contributed by atoms with Crippen molar-refractivity contribution < 1.29 is 8.83 Å². The average molecular weight is 628 g/mol. The van der Waals surface area contributed by atoms with Crippen LogP contribution in [0.4, 0.5) is 17.1 Å². The first kappa shape index (κ1) is 27.5. The van der Waals surface area contributed by atoms with Crippen molar-refractivity contribution in [2.45, 2.75) is 0 Å². The van der Waals surface area contributed by atoms with Crippen LogP contribution in [0.3, 0.4) is 0 Å². The Labute approximate surface area is 282 Å². The highest BCUT2D eigenvalue weighted by Crippen LogP contribution is 2.48. The summed E-state index contributed by atoms with van der Waals surface area (Å²) in [4.78, 5) is 2.40. The number of benzene rings is 8. The molecule has 0 spiro atoms. The molecule has 2 heterocycles. The quantitative estimate of drug-likeness (QED) is 0.190. The van der Waals surface area contributed by atoms with Gasteiger partial charge in [0.2, 0.25) is 0 Å². The number of nitrogens with zero attached hydrogens (tertiary/aromatic N) is 1. The normalized spacial score (nSPS) is 11.7. The molecule has 3 heteroatoms. The molecule has 0 unspecified atom stereocenters. The van der Waals surface area contributed by atoms with Crippen LogP contribution in [0, 0.1) is 0 Å². The monoisotopic (exact) mass is 627 g/mol. The van der Waals surface area contributed by atoms with Crippen LogP contribution in [-0.2, 0) is 0 Å². The summed E-state index contributed by atoms with van der Waals surface area (Å²) in [5.74, 6) is 0. The lowest BCUT2D eigenvalue weighted by atomic mass is 9.96. The van der Waals surface area contributed by atoms with Gasteiger partial charge in [0, 0.05) is 32.8 Å². The maximum Gasteiger partial charge on any atom is 0.143 e. The van der Waals surface area contributed by atoms with Gasteiger partial charge in [0.05, 0.1) is 16.8 Å². The Morgan fingerprint density at radius 1 is 0.367 bits per heavy atom. The van der Waals surface area contributed by atoms with E-state index in [9.17, 15) is 0 Å². The highest BCUT2D eigenvalue weighted by Gasteiger charge is 2.24. The Bertz CT molecular complexity index is 2840. The summed E-state index contributed by atoms with van der Waals surface area (Å²) < 4.78 is 13.0. The molecule has 0 radical (unpaired) electrons. The molecule has 49 heavy (non-hydrogen) atoms. The van der Waals surface area contributed by atoms with Crippen LogP contribution in [0.5, 0.6) is 0 Å². The number of fused-ring (bicyclic) bond motifs is 8. The van der Waals surface area contributed by atoms with Crippen LogP contribution in [0.1, 0.15) is 0 Å². The van der Waals surface area contributed by atoms with Gasteiger partial charge in [-0.1, -0.05) is 127 Å².